The van der Waals surface area contributed by atoms with Crippen molar-refractivity contribution >= 4 is 5.91 Å². The molecule has 1 aliphatic heterocycles. The van der Waals surface area contributed by atoms with Crippen molar-refractivity contribution in [3.05, 3.63) is 35.9 Å². The average Bonchev–Trinajstić information content (AvgIpc) is 2.87. The lowest BCUT2D eigenvalue weighted by Crippen LogP contribution is -2.31. The standard InChI is InChI=1S/C17H26N2O2/c1-2-12-21-13-6-11-19-14-18-16(17(19)20)10-9-15-7-4-3-5-8-15/h3-5,7-8,16,18H,2,6,9-14H2,1H3. The summed E-state index contributed by atoms with van der Waals surface area (Å²) in [7, 11) is 0. The van der Waals surface area contributed by atoms with Crippen molar-refractivity contribution in [2.75, 3.05) is 26.4 Å². The Hall–Kier alpha value is -1.39. The summed E-state index contributed by atoms with van der Waals surface area (Å²) >= 11 is 0. The zero-order valence-electron chi connectivity index (χ0n) is 12.9. The number of carbonyl (C=O) groups is 1. The van der Waals surface area contributed by atoms with E-state index in [-0.39, 0.29) is 11.9 Å². The van der Waals surface area contributed by atoms with Crippen molar-refractivity contribution in [2.24, 2.45) is 0 Å². The molecule has 1 unspecified atom stereocenters. The van der Waals surface area contributed by atoms with E-state index in [1.54, 1.807) is 0 Å². The Morgan fingerprint density at radius 1 is 1.29 bits per heavy atom. The number of amides is 1. The first-order valence-electron chi connectivity index (χ1n) is 7.95. The van der Waals surface area contributed by atoms with Gasteiger partial charge in [-0.3, -0.25) is 10.1 Å². The second kappa shape index (κ2) is 8.80. The van der Waals surface area contributed by atoms with Gasteiger partial charge in [0, 0.05) is 19.8 Å². The molecule has 1 aromatic carbocycles. The molecule has 0 radical (unpaired) electrons. The van der Waals surface area contributed by atoms with E-state index in [0.717, 1.165) is 45.4 Å². The lowest BCUT2D eigenvalue weighted by Gasteiger charge is -2.15. The van der Waals surface area contributed by atoms with E-state index >= 15 is 0 Å². The summed E-state index contributed by atoms with van der Waals surface area (Å²) in [6, 6.07) is 10.3. The molecule has 1 atom stereocenters. The topological polar surface area (TPSA) is 41.6 Å². The zero-order chi connectivity index (χ0) is 14.9. The van der Waals surface area contributed by atoms with Gasteiger partial charge in [0.1, 0.15) is 0 Å². The summed E-state index contributed by atoms with van der Waals surface area (Å²) in [4.78, 5) is 14.2. The Morgan fingerprint density at radius 2 is 2.10 bits per heavy atom. The highest BCUT2D eigenvalue weighted by Crippen LogP contribution is 2.11. The van der Waals surface area contributed by atoms with Crippen LogP contribution in [0, 0.1) is 0 Å². The van der Waals surface area contributed by atoms with Crippen LogP contribution in [0.25, 0.3) is 0 Å². The molecule has 1 aliphatic rings. The SMILES string of the molecule is CCCOCCCN1CNC(CCc2ccccc2)C1=O. The third kappa shape index (κ3) is 5.14. The maximum atomic E-state index is 12.3. The Labute approximate surface area is 127 Å². The molecule has 0 bridgehead atoms. The molecule has 1 N–H and O–H groups in total. The van der Waals surface area contributed by atoms with E-state index in [1.165, 1.54) is 5.56 Å². The van der Waals surface area contributed by atoms with E-state index < -0.39 is 0 Å². The summed E-state index contributed by atoms with van der Waals surface area (Å²) in [5.41, 5.74) is 1.29. The Balaban J connectivity index is 1.66. The quantitative estimate of drug-likeness (QED) is 0.709. The largest absolute Gasteiger partial charge is 0.381 e. The predicted molar refractivity (Wildman–Crippen MR) is 84.0 cm³/mol. The fourth-order valence-electron chi connectivity index (χ4n) is 2.58. The number of carbonyl (C=O) groups excluding carboxylic acids is 1. The summed E-state index contributed by atoms with van der Waals surface area (Å²) in [6.45, 7) is 5.12. The monoisotopic (exact) mass is 290 g/mol. The molecule has 0 saturated carbocycles. The zero-order valence-corrected chi connectivity index (χ0v) is 12.9. The predicted octanol–water partition coefficient (Wildman–Crippen LogP) is 2.19. The second-order valence-corrected chi connectivity index (χ2v) is 5.51. The third-order valence-corrected chi connectivity index (χ3v) is 3.77. The first kappa shape index (κ1) is 16.0. The lowest BCUT2D eigenvalue weighted by molar-refractivity contribution is -0.129. The van der Waals surface area contributed by atoms with Gasteiger partial charge in [-0.15, -0.1) is 0 Å². The van der Waals surface area contributed by atoms with Crippen LogP contribution in [0.3, 0.4) is 0 Å². The molecule has 1 saturated heterocycles. The van der Waals surface area contributed by atoms with Crippen molar-refractivity contribution in [3.8, 4) is 0 Å². The molecule has 1 heterocycles. The van der Waals surface area contributed by atoms with Gasteiger partial charge in [-0.05, 0) is 31.2 Å². The number of benzene rings is 1. The van der Waals surface area contributed by atoms with Crippen LogP contribution in [0.2, 0.25) is 0 Å². The van der Waals surface area contributed by atoms with Crippen molar-refractivity contribution in [3.63, 3.8) is 0 Å². The molecular weight excluding hydrogens is 264 g/mol. The van der Waals surface area contributed by atoms with Gasteiger partial charge in [0.05, 0.1) is 12.7 Å². The number of nitrogens with zero attached hydrogens (tertiary/aromatic N) is 1. The Kier molecular flexibility index (Phi) is 6.70. The third-order valence-electron chi connectivity index (χ3n) is 3.77. The minimum Gasteiger partial charge on any atom is -0.381 e. The summed E-state index contributed by atoms with van der Waals surface area (Å²) in [5, 5.41) is 3.31. The molecule has 0 aromatic heterocycles. The van der Waals surface area contributed by atoms with Crippen LogP contribution in [0.15, 0.2) is 30.3 Å². The molecular formula is C17H26N2O2. The van der Waals surface area contributed by atoms with Gasteiger partial charge >= 0.3 is 0 Å². The molecule has 1 amide bonds. The van der Waals surface area contributed by atoms with Gasteiger partial charge in [0.15, 0.2) is 0 Å². The number of aryl methyl sites for hydroxylation is 1. The maximum Gasteiger partial charge on any atom is 0.240 e. The van der Waals surface area contributed by atoms with Crippen molar-refractivity contribution in [1.29, 1.82) is 0 Å². The highest BCUT2D eigenvalue weighted by atomic mass is 16.5. The van der Waals surface area contributed by atoms with Crippen molar-refractivity contribution < 1.29 is 9.53 Å². The van der Waals surface area contributed by atoms with Crippen LogP contribution in [-0.4, -0.2) is 43.3 Å². The number of rotatable bonds is 9. The van der Waals surface area contributed by atoms with Crippen LogP contribution in [0.4, 0.5) is 0 Å². The molecule has 116 valence electrons. The van der Waals surface area contributed by atoms with Crippen LogP contribution in [0.5, 0.6) is 0 Å². The van der Waals surface area contributed by atoms with Crippen LogP contribution in [-0.2, 0) is 16.0 Å². The fraction of sp³-hybridized carbons (Fsp3) is 0.588. The first-order chi connectivity index (χ1) is 10.3. The van der Waals surface area contributed by atoms with E-state index in [2.05, 4.69) is 24.4 Å². The molecule has 21 heavy (non-hydrogen) atoms. The molecule has 4 heteroatoms. The molecule has 1 fully saturated rings. The average molecular weight is 290 g/mol. The molecule has 4 nitrogen and oxygen atoms in total. The van der Waals surface area contributed by atoms with E-state index in [0.29, 0.717) is 6.67 Å². The molecule has 0 spiro atoms. The van der Waals surface area contributed by atoms with Gasteiger partial charge in [0.25, 0.3) is 0 Å². The smallest absolute Gasteiger partial charge is 0.240 e. The van der Waals surface area contributed by atoms with E-state index in [4.69, 9.17) is 4.74 Å². The summed E-state index contributed by atoms with van der Waals surface area (Å²) < 4.78 is 5.45. The molecule has 0 aliphatic carbocycles. The number of hydrogen-bond acceptors (Lipinski definition) is 3. The highest BCUT2D eigenvalue weighted by Gasteiger charge is 2.29. The molecule has 1 aromatic rings. The number of hydrogen-bond donors (Lipinski definition) is 1. The summed E-state index contributed by atoms with van der Waals surface area (Å²) in [6.07, 6.45) is 3.77. The number of ether oxygens (including phenoxy) is 1. The van der Waals surface area contributed by atoms with Gasteiger partial charge in [-0.25, -0.2) is 0 Å². The van der Waals surface area contributed by atoms with Gasteiger partial charge < -0.3 is 9.64 Å². The van der Waals surface area contributed by atoms with Crippen molar-refractivity contribution in [2.45, 2.75) is 38.6 Å². The van der Waals surface area contributed by atoms with Gasteiger partial charge in [0.2, 0.25) is 5.91 Å². The lowest BCUT2D eigenvalue weighted by atomic mass is 10.1. The van der Waals surface area contributed by atoms with Crippen molar-refractivity contribution in [1.82, 2.24) is 10.2 Å². The van der Waals surface area contributed by atoms with Gasteiger partial charge in [-0.1, -0.05) is 37.3 Å². The van der Waals surface area contributed by atoms with Crippen LogP contribution >= 0.6 is 0 Å². The molecule has 2 rings (SSSR count). The van der Waals surface area contributed by atoms with Crippen LogP contribution < -0.4 is 5.32 Å². The van der Waals surface area contributed by atoms with E-state index in [9.17, 15) is 4.79 Å². The first-order valence-corrected chi connectivity index (χ1v) is 7.95. The fourth-order valence-corrected chi connectivity index (χ4v) is 2.58. The maximum absolute atomic E-state index is 12.3. The minimum absolute atomic E-state index is 0.0261. The number of nitrogens with one attached hydrogen (secondary N) is 1. The van der Waals surface area contributed by atoms with Crippen LogP contribution in [0.1, 0.15) is 31.7 Å². The van der Waals surface area contributed by atoms with E-state index in [1.807, 2.05) is 23.1 Å². The second-order valence-electron chi connectivity index (χ2n) is 5.51. The van der Waals surface area contributed by atoms with Gasteiger partial charge in [-0.2, -0.15) is 0 Å². The minimum atomic E-state index is -0.0261. The Morgan fingerprint density at radius 3 is 2.86 bits per heavy atom. The normalized spacial score (nSPS) is 18.4. The Bertz CT molecular complexity index is 422. The summed E-state index contributed by atoms with van der Waals surface area (Å²) in [5.74, 6) is 0.237. The highest BCUT2D eigenvalue weighted by molar-refractivity contribution is 5.83.